The van der Waals surface area contributed by atoms with E-state index < -0.39 is 65.4 Å². The first-order valence-electron chi connectivity index (χ1n) is 19.1. The SMILES string of the molecule is CC(=O)N[C@@H](CCCCN)C(=O)NC[C@@H](NC(=O)CCSCC(=O)N(CCCN)[C@@H](c1cc(-c2cc(F)ccc2F)cn1Cc1ccccc1)C(C)(C)C)C(=O)O. The van der Waals surface area contributed by atoms with Gasteiger partial charge in [-0.25, -0.2) is 13.6 Å². The molecule has 0 saturated heterocycles. The molecule has 4 amide bonds. The normalized spacial score (nSPS) is 13.0. The predicted octanol–water partition coefficient (Wildman–Crippen LogP) is 4.19. The monoisotopic (exact) mass is 813 g/mol. The summed E-state index contributed by atoms with van der Waals surface area (Å²) in [5.41, 5.74) is 13.2. The van der Waals surface area contributed by atoms with E-state index in [1.54, 1.807) is 17.2 Å². The van der Waals surface area contributed by atoms with Crippen molar-refractivity contribution in [3.63, 3.8) is 0 Å². The quantitative estimate of drug-likeness (QED) is 0.0760. The highest BCUT2D eigenvalue weighted by atomic mass is 32.2. The molecule has 0 radical (unpaired) electrons. The Bertz CT molecular complexity index is 1800. The molecule has 0 spiro atoms. The van der Waals surface area contributed by atoms with E-state index in [1.165, 1.54) is 18.7 Å². The number of carboxylic acids is 1. The highest BCUT2D eigenvalue weighted by molar-refractivity contribution is 7.99. The number of aromatic nitrogens is 1. The molecule has 3 rings (SSSR count). The van der Waals surface area contributed by atoms with E-state index in [9.17, 15) is 33.5 Å². The summed E-state index contributed by atoms with van der Waals surface area (Å²) in [5, 5.41) is 17.2. The van der Waals surface area contributed by atoms with Gasteiger partial charge in [-0.05, 0) is 74.0 Å². The van der Waals surface area contributed by atoms with Gasteiger partial charge in [0, 0.05) is 61.7 Å². The van der Waals surface area contributed by atoms with E-state index in [2.05, 4.69) is 16.0 Å². The van der Waals surface area contributed by atoms with Crippen LogP contribution in [0.3, 0.4) is 0 Å². The molecule has 16 heteroatoms. The van der Waals surface area contributed by atoms with Crippen molar-refractivity contribution in [2.24, 2.45) is 16.9 Å². The van der Waals surface area contributed by atoms with E-state index in [0.717, 1.165) is 29.5 Å². The summed E-state index contributed by atoms with van der Waals surface area (Å²) in [6.45, 7) is 8.36. The Morgan fingerprint density at radius 1 is 0.930 bits per heavy atom. The number of thioether (sulfide) groups is 1. The van der Waals surface area contributed by atoms with Crippen molar-refractivity contribution in [2.45, 2.75) is 84.5 Å². The number of carbonyl (C=O) groups is 5. The van der Waals surface area contributed by atoms with Gasteiger partial charge < -0.3 is 42.0 Å². The lowest BCUT2D eigenvalue weighted by molar-refractivity contribution is -0.142. The first-order chi connectivity index (χ1) is 27.0. The number of nitrogens with zero attached hydrogens (tertiary/aromatic N) is 2. The number of hydrogen-bond donors (Lipinski definition) is 6. The second kappa shape index (κ2) is 22.8. The molecule has 0 fully saturated rings. The maximum atomic E-state index is 15.1. The van der Waals surface area contributed by atoms with Gasteiger partial charge in [0.1, 0.15) is 23.7 Å². The molecule has 3 aromatic rings. The third-order valence-corrected chi connectivity index (χ3v) is 10.1. The first kappa shape index (κ1) is 46.6. The largest absolute Gasteiger partial charge is 0.480 e. The molecule has 57 heavy (non-hydrogen) atoms. The molecule has 0 bridgehead atoms. The number of nitrogens with two attached hydrogens (primary N) is 2. The van der Waals surface area contributed by atoms with Gasteiger partial charge in [-0.2, -0.15) is 11.8 Å². The number of unbranched alkanes of at least 4 members (excludes halogenated alkanes) is 1. The second-order valence-corrected chi connectivity index (χ2v) is 16.0. The molecule has 3 atom stereocenters. The smallest absolute Gasteiger partial charge is 0.328 e. The third kappa shape index (κ3) is 14.9. The molecule has 0 aliphatic carbocycles. The molecule has 13 nitrogen and oxygen atoms in total. The van der Waals surface area contributed by atoms with Crippen LogP contribution in [0.15, 0.2) is 60.8 Å². The van der Waals surface area contributed by atoms with E-state index in [4.69, 9.17) is 11.5 Å². The Morgan fingerprint density at radius 2 is 1.63 bits per heavy atom. The summed E-state index contributed by atoms with van der Waals surface area (Å²) < 4.78 is 31.4. The molecule has 0 aliphatic rings. The fraction of sp³-hybridized carbons (Fsp3) is 0.488. The Morgan fingerprint density at radius 3 is 2.26 bits per heavy atom. The molecule has 2 aromatic carbocycles. The van der Waals surface area contributed by atoms with Crippen LogP contribution in [0.2, 0.25) is 0 Å². The molecule has 0 saturated carbocycles. The molecule has 0 unspecified atom stereocenters. The van der Waals surface area contributed by atoms with E-state index in [-0.39, 0.29) is 29.4 Å². The Hall–Kier alpha value is -4.80. The van der Waals surface area contributed by atoms with Crippen LogP contribution in [0.5, 0.6) is 0 Å². The van der Waals surface area contributed by atoms with Gasteiger partial charge in [-0.3, -0.25) is 19.2 Å². The highest BCUT2D eigenvalue weighted by Crippen LogP contribution is 2.41. The van der Waals surface area contributed by atoms with Gasteiger partial charge in [-0.1, -0.05) is 51.1 Å². The van der Waals surface area contributed by atoms with Gasteiger partial charge in [0.15, 0.2) is 0 Å². The Balaban J connectivity index is 1.75. The molecule has 312 valence electrons. The maximum Gasteiger partial charge on any atom is 0.328 e. The van der Waals surface area contributed by atoms with Crippen molar-refractivity contribution in [1.29, 1.82) is 0 Å². The number of carbonyl (C=O) groups excluding carboxylic acids is 4. The van der Waals surface area contributed by atoms with Crippen LogP contribution in [0, 0.1) is 17.0 Å². The number of amides is 4. The number of benzene rings is 2. The Kier molecular flexibility index (Phi) is 18.6. The van der Waals surface area contributed by atoms with Gasteiger partial charge in [0.25, 0.3) is 0 Å². The zero-order chi connectivity index (χ0) is 42.1. The highest BCUT2D eigenvalue weighted by Gasteiger charge is 2.37. The number of halogens is 2. The number of rotatable bonds is 23. The summed E-state index contributed by atoms with van der Waals surface area (Å²) in [6, 6.07) is 12.0. The molecular formula is C41H57F2N7O6S. The molecule has 1 aromatic heterocycles. The lowest BCUT2D eigenvalue weighted by atomic mass is 9.83. The van der Waals surface area contributed by atoms with Crippen molar-refractivity contribution >= 4 is 41.4 Å². The zero-order valence-corrected chi connectivity index (χ0v) is 34.0. The van der Waals surface area contributed by atoms with Crippen molar-refractivity contribution in [3.05, 3.63) is 83.7 Å². The molecule has 0 aliphatic heterocycles. The summed E-state index contributed by atoms with van der Waals surface area (Å²) in [4.78, 5) is 65.0. The van der Waals surface area contributed by atoms with E-state index in [0.29, 0.717) is 57.4 Å². The summed E-state index contributed by atoms with van der Waals surface area (Å²) >= 11 is 1.21. The Labute approximate surface area is 337 Å². The van der Waals surface area contributed by atoms with Gasteiger partial charge in [-0.15, -0.1) is 0 Å². The molecule has 8 N–H and O–H groups in total. The number of hydrogen-bond acceptors (Lipinski definition) is 8. The first-order valence-corrected chi connectivity index (χ1v) is 20.2. The fourth-order valence-electron chi connectivity index (χ4n) is 6.48. The van der Waals surface area contributed by atoms with Gasteiger partial charge in [0.05, 0.1) is 11.8 Å². The van der Waals surface area contributed by atoms with Crippen LogP contribution < -0.4 is 27.4 Å². The van der Waals surface area contributed by atoms with Crippen LogP contribution in [0.4, 0.5) is 8.78 Å². The zero-order valence-electron chi connectivity index (χ0n) is 33.2. The fourth-order valence-corrected chi connectivity index (χ4v) is 7.29. The van der Waals surface area contributed by atoms with Crippen LogP contribution >= 0.6 is 11.8 Å². The van der Waals surface area contributed by atoms with Crippen molar-refractivity contribution < 1.29 is 37.9 Å². The number of carboxylic acid groups (broad SMARTS) is 1. The minimum absolute atomic E-state index is 0.00230. The number of aliphatic carboxylic acids is 1. The van der Waals surface area contributed by atoms with Crippen molar-refractivity contribution in [1.82, 2.24) is 25.4 Å². The lowest BCUT2D eigenvalue weighted by Gasteiger charge is -2.41. The van der Waals surface area contributed by atoms with Gasteiger partial charge >= 0.3 is 5.97 Å². The minimum atomic E-state index is -1.42. The summed E-state index contributed by atoms with van der Waals surface area (Å²) in [7, 11) is 0. The molecule has 1 heterocycles. The van der Waals surface area contributed by atoms with Crippen LogP contribution in [-0.4, -0.2) is 93.9 Å². The predicted molar refractivity (Wildman–Crippen MR) is 218 cm³/mol. The van der Waals surface area contributed by atoms with Crippen LogP contribution in [0.25, 0.3) is 11.1 Å². The number of nitrogens with one attached hydrogen (secondary N) is 3. The van der Waals surface area contributed by atoms with Crippen molar-refractivity contribution in [2.75, 3.05) is 37.7 Å². The van der Waals surface area contributed by atoms with Crippen LogP contribution in [0.1, 0.15) is 77.1 Å². The minimum Gasteiger partial charge on any atom is -0.480 e. The average Bonchev–Trinajstić information content (AvgIpc) is 3.55. The van der Waals surface area contributed by atoms with Gasteiger partial charge in [0.2, 0.25) is 23.6 Å². The maximum absolute atomic E-state index is 15.1. The molecular weight excluding hydrogens is 757 g/mol. The standard InChI is InChI=1S/C41H57F2N7O6S/c1-27(51)47-33(13-8-9-17-44)39(54)46-23-34(40(55)56)48-36(52)16-20-57-26-37(53)50(19-10-18-45)38(41(2,3)4)35-21-29(31-22-30(42)14-15-32(31)43)25-49(35)24-28-11-6-5-7-12-28/h5-7,11-12,14-15,21-22,25,33-34,38H,8-10,13,16-20,23-24,26,44-45H2,1-4H3,(H,46,54)(H,47,51)(H,48,52)(H,55,56)/t33-,34+,38-/m0/s1. The third-order valence-electron chi connectivity index (χ3n) is 9.15. The van der Waals surface area contributed by atoms with Crippen LogP contribution in [-0.2, 0) is 30.5 Å². The average molecular weight is 814 g/mol. The van der Waals surface area contributed by atoms with E-state index in [1.807, 2.05) is 55.7 Å². The summed E-state index contributed by atoms with van der Waals surface area (Å²) in [5.74, 6) is -4.09. The topological polar surface area (TPSA) is 202 Å². The lowest BCUT2D eigenvalue weighted by Crippen LogP contribution is -2.52. The second-order valence-electron chi connectivity index (χ2n) is 14.9. The van der Waals surface area contributed by atoms with E-state index >= 15 is 4.39 Å². The summed E-state index contributed by atoms with van der Waals surface area (Å²) in [6.07, 6.45) is 3.72. The van der Waals surface area contributed by atoms with Crippen molar-refractivity contribution in [3.8, 4) is 11.1 Å².